The minimum atomic E-state index is -0.783. The molecule has 9 nitrogen and oxygen atoms in total. The molecule has 4 rings (SSSR count). The van der Waals surface area contributed by atoms with Gasteiger partial charge in [-0.05, 0) is 38.8 Å². The van der Waals surface area contributed by atoms with Crippen LogP contribution in [0.4, 0.5) is 4.79 Å². The van der Waals surface area contributed by atoms with Crippen molar-refractivity contribution < 1.29 is 38.1 Å². The lowest BCUT2D eigenvalue weighted by Gasteiger charge is -2.29. The number of ether oxygens (including phenoxy) is 5. The highest BCUT2D eigenvalue weighted by molar-refractivity contribution is 5.97. The summed E-state index contributed by atoms with van der Waals surface area (Å²) >= 11 is 0. The average Bonchev–Trinajstić information content (AvgIpc) is 3.29. The van der Waals surface area contributed by atoms with Crippen molar-refractivity contribution in [3.05, 3.63) is 23.4 Å². The molecule has 2 atom stereocenters. The summed E-state index contributed by atoms with van der Waals surface area (Å²) in [5, 5.41) is 0.738. The van der Waals surface area contributed by atoms with Gasteiger partial charge in [-0.25, -0.2) is 9.36 Å². The molecule has 0 amide bonds. The van der Waals surface area contributed by atoms with E-state index in [-0.39, 0.29) is 19.6 Å². The maximum atomic E-state index is 13.2. The van der Waals surface area contributed by atoms with Gasteiger partial charge in [-0.1, -0.05) is 0 Å². The second-order valence-corrected chi connectivity index (χ2v) is 8.63. The first-order valence-corrected chi connectivity index (χ1v) is 9.99. The minimum Gasteiger partial charge on any atom is -0.469 e. The number of aromatic nitrogens is 1. The fourth-order valence-corrected chi connectivity index (χ4v) is 4.26. The molecule has 0 bridgehead atoms. The van der Waals surface area contributed by atoms with Gasteiger partial charge in [0.25, 0.3) is 0 Å². The van der Waals surface area contributed by atoms with Crippen molar-refractivity contribution in [3.8, 4) is 11.5 Å². The molecule has 9 heteroatoms. The van der Waals surface area contributed by atoms with Gasteiger partial charge >= 0.3 is 18.0 Å². The van der Waals surface area contributed by atoms with Crippen molar-refractivity contribution in [2.45, 2.75) is 39.2 Å². The molecule has 1 aliphatic heterocycles. The van der Waals surface area contributed by atoms with Crippen molar-refractivity contribution in [1.29, 1.82) is 0 Å². The highest BCUT2D eigenvalue weighted by atomic mass is 16.7. The molecule has 0 radical (unpaired) electrons. The summed E-state index contributed by atoms with van der Waals surface area (Å²) in [6.45, 7) is 5.43. The van der Waals surface area contributed by atoms with Crippen LogP contribution >= 0.6 is 0 Å². The SMILES string of the molecule is COC(=O)[C@@H]1Cc2c(n(C(=O)OC(C)(C)C)c3cc4c(cc23)OCO4)C[C@H]1C(=O)OC. The molecule has 0 N–H and O–H groups in total. The zero-order valence-electron chi connectivity index (χ0n) is 18.1. The van der Waals surface area contributed by atoms with E-state index in [0.29, 0.717) is 22.7 Å². The van der Waals surface area contributed by atoms with Gasteiger partial charge in [0.1, 0.15) is 5.60 Å². The van der Waals surface area contributed by atoms with E-state index in [4.69, 9.17) is 23.7 Å². The van der Waals surface area contributed by atoms with Crippen LogP contribution in [0.15, 0.2) is 12.1 Å². The number of benzene rings is 1. The Morgan fingerprint density at radius 2 is 1.55 bits per heavy atom. The van der Waals surface area contributed by atoms with Gasteiger partial charge in [-0.3, -0.25) is 9.59 Å². The van der Waals surface area contributed by atoms with Crippen LogP contribution in [0.5, 0.6) is 11.5 Å². The van der Waals surface area contributed by atoms with E-state index in [9.17, 15) is 14.4 Å². The molecule has 2 heterocycles. The Kier molecular flexibility index (Phi) is 5.07. The third-order valence-electron chi connectivity index (χ3n) is 5.58. The largest absolute Gasteiger partial charge is 0.469 e. The van der Waals surface area contributed by atoms with Gasteiger partial charge in [0.2, 0.25) is 6.79 Å². The molecule has 0 fully saturated rings. The van der Waals surface area contributed by atoms with E-state index < -0.39 is 35.5 Å². The summed E-state index contributed by atoms with van der Waals surface area (Å²) in [5.74, 6) is -1.47. The summed E-state index contributed by atoms with van der Waals surface area (Å²) in [6.07, 6.45) is -0.228. The van der Waals surface area contributed by atoms with Gasteiger partial charge in [-0.15, -0.1) is 0 Å². The molecule has 0 saturated carbocycles. The summed E-state index contributed by atoms with van der Waals surface area (Å²) in [4.78, 5) is 38.2. The number of fused-ring (bicyclic) bond motifs is 4. The van der Waals surface area contributed by atoms with Crippen molar-refractivity contribution in [2.75, 3.05) is 21.0 Å². The van der Waals surface area contributed by atoms with E-state index in [1.54, 1.807) is 32.9 Å². The van der Waals surface area contributed by atoms with Crippen molar-refractivity contribution in [2.24, 2.45) is 11.8 Å². The Morgan fingerprint density at radius 1 is 0.968 bits per heavy atom. The lowest BCUT2D eigenvalue weighted by molar-refractivity contribution is -0.158. The summed E-state index contributed by atoms with van der Waals surface area (Å²) in [5.41, 5.74) is 1.22. The van der Waals surface area contributed by atoms with Gasteiger partial charge in [0.05, 0.1) is 31.6 Å². The van der Waals surface area contributed by atoms with Crippen molar-refractivity contribution in [3.63, 3.8) is 0 Å². The smallest absolute Gasteiger partial charge is 0.419 e. The Labute approximate surface area is 179 Å². The molecule has 1 aromatic heterocycles. The minimum absolute atomic E-state index is 0.0891. The van der Waals surface area contributed by atoms with Crippen LogP contribution in [0.1, 0.15) is 32.0 Å². The average molecular weight is 431 g/mol. The third-order valence-corrected chi connectivity index (χ3v) is 5.58. The van der Waals surface area contributed by atoms with Crippen LogP contribution in [-0.4, -0.2) is 49.2 Å². The molecule has 0 spiro atoms. The number of methoxy groups -OCH3 is 2. The van der Waals surface area contributed by atoms with Crippen molar-refractivity contribution in [1.82, 2.24) is 4.57 Å². The second kappa shape index (κ2) is 7.47. The Balaban J connectivity index is 1.93. The normalized spacial score (nSPS) is 19.6. The first-order valence-electron chi connectivity index (χ1n) is 9.99. The predicted octanol–water partition coefficient (Wildman–Crippen LogP) is 2.83. The highest BCUT2D eigenvalue weighted by Gasteiger charge is 2.43. The number of rotatable bonds is 2. The third kappa shape index (κ3) is 3.58. The van der Waals surface area contributed by atoms with Crippen LogP contribution in [0.25, 0.3) is 10.9 Å². The number of carbonyl (C=O) groups is 3. The maximum absolute atomic E-state index is 13.2. The zero-order chi connectivity index (χ0) is 22.5. The van der Waals surface area contributed by atoms with Crippen LogP contribution in [0, 0.1) is 11.8 Å². The van der Waals surface area contributed by atoms with E-state index in [1.807, 2.05) is 0 Å². The lowest BCUT2D eigenvalue weighted by Crippen LogP contribution is -2.39. The van der Waals surface area contributed by atoms with Gasteiger partial charge < -0.3 is 23.7 Å². The monoisotopic (exact) mass is 431 g/mol. The molecule has 1 aromatic carbocycles. The molecule has 2 aromatic rings. The topological polar surface area (TPSA) is 102 Å². The van der Waals surface area contributed by atoms with Crippen LogP contribution in [-0.2, 0) is 36.6 Å². The first-order chi connectivity index (χ1) is 14.6. The number of hydrogen-bond acceptors (Lipinski definition) is 8. The zero-order valence-corrected chi connectivity index (χ0v) is 18.1. The highest BCUT2D eigenvalue weighted by Crippen LogP contribution is 2.43. The molecule has 0 unspecified atom stereocenters. The van der Waals surface area contributed by atoms with Gasteiger partial charge in [0.15, 0.2) is 11.5 Å². The predicted molar refractivity (Wildman–Crippen MR) is 108 cm³/mol. The van der Waals surface area contributed by atoms with Crippen LogP contribution in [0.3, 0.4) is 0 Å². The van der Waals surface area contributed by atoms with Gasteiger partial charge in [0, 0.05) is 23.6 Å². The van der Waals surface area contributed by atoms with E-state index in [1.165, 1.54) is 18.8 Å². The van der Waals surface area contributed by atoms with Gasteiger partial charge in [-0.2, -0.15) is 0 Å². The van der Waals surface area contributed by atoms with Crippen LogP contribution < -0.4 is 9.47 Å². The first kappa shape index (κ1) is 21.0. The number of nitrogens with zero attached hydrogens (tertiary/aromatic N) is 1. The molecular weight excluding hydrogens is 406 g/mol. The molecule has 0 saturated heterocycles. The van der Waals surface area contributed by atoms with Crippen molar-refractivity contribution >= 4 is 28.9 Å². The van der Waals surface area contributed by atoms with Crippen LogP contribution in [0.2, 0.25) is 0 Å². The summed E-state index contributed by atoms with van der Waals surface area (Å²) < 4.78 is 28.0. The maximum Gasteiger partial charge on any atom is 0.419 e. The molecule has 2 aliphatic rings. The second-order valence-electron chi connectivity index (χ2n) is 8.63. The Bertz CT molecular complexity index is 1080. The number of carbonyl (C=O) groups excluding carboxylic acids is 3. The Hall–Kier alpha value is -3.23. The van der Waals surface area contributed by atoms with E-state index in [0.717, 1.165) is 10.9 Å². The summed E-state index contributed by atoms with van der Waals surface area (Å²) in [7, 11) is 2.56. The van der Waals surface area contributed by atoms with E-state index in [2.05, 4.69) is 0 Å². The lowest BCUT2D eigenvalue weighted by atomic mass is 9.77. The summed E-state index contributed by atoms with van der Waals surface area (Å²) in [6, 6.07) is 3.52. The molecular formula is C22H25NO8. The fraction of sp³-hybridized carbons (Fsp3) is 0.500. The molecule has 166 valence electrons. The molecule has 1 aliphatic carbocycles. The van der Waals surface area contributed by atoms with E-state index >= 15 is 0 Å². The Morgan fingerprint density at radius 3 is 2.13 bits per heavy atom. The standard InChI is InChI=1S/C22H25NO8/c1-22(2,3)31-21(26)23-15-7-14(20(25)28-5)13(19(24)27-4)6-11(15)12-8-17-18(9-16(12)23)30-10-29-17/h8-9,13-14H,6-7,10H2,1-5H3/t13-,14-/m1/s1. The quantitative estimate of drug-likeness (QED) is 0.528. The number of esters is 2. The molecule has 31 heavy (non-hydrogen) atoms. The fourth-order valence-electron chi connectivity index (χ4n) is 4.26. The number of hydrogen-bond donors (Lipinski definition) is 0.